The molecule has 0 nitrogen and oxygen atoms in total. The topological polar surface area (TPSA) is 0 Å². The van der Waals surface area contributed by atoms with Gasteiger partial charge in [-0.15, -0.1) is 17.0 Å². The molecule has 0 aromatic heterocycles. The molecule has 4 aromatic carbocycles. The van der Waals surface area contributed by atoms with Gasteiger partial charge in [-0.1, -0.05) is 90.5 Å². The van der Waals surface area contributed by atoms with E-state index in [9.17, 15) is 0 Å². The van der Waals surface area contributed by atoms with Crippen molar-refractivity contribution in [1.29, 1.82) is 0 Å². The molecule has 1 unspecified atom stereocenters. The van der Waals surface area contributed by atoms with Crippen LogP contribution in [0.5, 0.6) is 0 Å². The maximum atomic E-state index is 3.17. The zero-order chi connectivity index (χ0) is 19.0. The molecule has 0 amide bonds. The summed E-state index contributed by atoms with van der Waals surface area (Å²) < 4.78 is 0. The molecule has 0 saturated carbocycles. The van der Waals surface area contributed by atoms with E-state index in [0.29, 0.717) is 0 Å². The highest BCUT2D eigenvalue weighted by molar-refractivity contribution is 8.93. The third-order valence-electron chi connectivity index (χ3n) is 4.43. The first-order chi connectivity index (χ1) is 13.2. The summed E-state index contributed by atoms with van der Waals surface area (Å²) in [5.41, 5.74) is 1.32. The predicted molar refractivity (Wildman–Crippen MR) is 136 cm³/mol. The minimum Gasteiger partial charge on any atom is -0.114 e. The fourth-order valence-corrected chi connectivity index (χ4v) is 7.34. The second-order valence-corrected chi connectivity index (χ2v) is 11.7. The van der Waals surface area contributed by atoms with Crippen LogP contribution in [0, 0.1) is 6.92 Å². The Bertz CT molecular complexity index is 830. The Morgan fingerprint density at radius 1 is 0.464 bits per heavy atom. The van der Waals surface area contributed by atoms with E-state index in [4.69, 9.17) is 0 Å². The fraction of sp³-hybridized carbons (Fsp3) is 0.0400. The predicted octanol–water partition coefficient (Wildman–Crippen LogP) is 6.34. The molecule has 0 saturated heterocycles. The highest BCUT2D eigenvalue weighted by Gasteiger charge is 2.40. The second kappa shape index (κ2) is 11.3. The molecule has 0 aliphatic carbocycles. The summed E-state index contributed by atoms with van der Waals surface area (Å²) in [7, 11) is 3.17. The molecule has 0 heterocycles. The summed E-state index contributed by atoms with van der Waals surface area (Å²) in [4.78, 5) is 0. The number of benzene rings is 4. The van der Waals surface area contributed by atoms with Gasteiger partial charge in [-0.2, -0.15) is 0 Å². The fourth-order valence-electron chi connectivity index (χ4n) is 2.97. The standard InChI is InChI=1S/C18H17P2.C7H8.BrH/c19-20(16-10-4-1-5-11-16,17-12-6-2-7-13-17)18-14-8-3-9-15-18;1-7-5-3-2-4-6-7;/h1-15H,19H2;2-6H,1H3;1H/q+1;;. The molecule has 0 aliphatic rings. The number of aryl methyl sites for hydroxylation is 1. The lowest BCUT2D eigenvalue weighted by Crippen LogP contribution is -2.26. The van der Waals surface area contributed by atoms with Gasteiger partial charge in [0.1, 0.15) is 22.9 Å². The molecule has 0 radical (unpaired) electrons. The summed E-state index contributed by atoms with van der Waals surface area (Å²) in [6.45, 7) is 0.474. The van der Waals surface area contributed by atoms with Crippen LogP contribution in [0.3, 0.4) is 0 Å². The zero-order valence-electron chi connectivity index (χ0n) is 16.0. The van der Waals surface area contributed by atoms with Crippen LogP contribution >= 0.6 is 32.9 Å². The SMILES string of the molecule is Br.Cc1ccccc1.P[P+](c1ccccc1)(c1ccccc1)c1ccccc1. The first-order valence-electron chi connectivity index (χ1n) is 9.07. The van der Waals surface area contributed by atoms with Gasteiger partial charge in [-0.05, 0) is 43.3 Å². The third-order valence-corrected chi connectivity index (χ3v) is 10.5. The van der Waals surface area contributed by atoms with Crippen molar-refractivity contribution >= 4 is 48.8 Å². The van der Waals surface area contributed by atoms with E-state index in [1.165, 1.54) is 21.5 Å². The summed E-state index contributed by atoms with van der Waals surface area (Å²) in [5, 5.41) is 4.17. The Kier molecular flexibility index (Phi) is 9.07. The number of hydrogen-bond acceptors (Lipinski definition) is 0. The van der Waals surface area contributed by atoms with Crippen LogP contribution < -0.4 is 15.9 Å². The molecule has 142 valence electrons. The van der Waals surface area contributed by atoms with Crippen molar-refractivity contribution in [3.05, 3.63) is 127 Å². The highest BCUT2D eigenvalue weighted by atomic mass is 79.9. The van der Waals surface area contributed by atoms with Crippen molar-refractivity contribution in [3.8, 4) is 0 Å². The lowest BCUT2D eigenvalue weighted by Gasteiger charge is -2.22. The van der Waals surface area contributed by atoms with E-state index in [-0.39, 0.29) is 17.0 Å². The van der Waals surface area contributed by atoms with E-state index in [2.05, 4.69) is 119 Å². The molecule has 4 aromatic rings. The van der Waals surface area contributed by atoms with Crippen LogP contribution in [0.4, 0.5) is 0 Å². The largest absolute Gasteiger partial charge is 0.124 e. The van der Waals surface area contributed by atoms with Gasteiger partial charge in [0, 0.05) is 8.93 Å². The summed E-state index contributed by atoms with van der Waals surface area (Å²) in [5.74, 6) is 0. The minimum atomic E-state index is -1.61. The number of hydrogen-bond donors (Lipinski definition) is 0. The Morgan fingerprint density at radius 2 is 0.714 bits per heavy atom. The number of rotatable bonds is 3. The Balaban J connectivity index is 0.000000298. The van der Waals surface area contributed by atoms with Crippen LogP contribution in [-0.2, 0) is 0 Å². The molecular weight excluding hydrogens is 442 g/mol. The van der Waals surface area contributed by atoms with Crippen molar-refractivity contribution in [2.24, 2.45) is 0 Å². The van der Waals surface area contributed by atoms with Crippen molar-refractivity contribution in [2.75, 3.05) is 0 Å². The van der Waals surface area contributed by atoms with Crippen LogP contribution in [0.1, 0.15) is 5.56 Å². The van der Waals surface area contributed by atoms with Crippen molar-refractivity contribution < 1.29 is 0 Å². The van der Waals surface area contributed by atoms with Crippen molar-refractivity contribution in [1.82, 2.24) is 0 Å². The average molecular weight is 468 g/mol. The summed E-state index contributed by atoms with van der Waals surface area (Å²) >= 11 is 0. The molecule has 4 rings (SSSR count). The first kappa shape index (κ1) is 22.5. The molecule has 28 heavy (non-hydrogen) atoms. The summed E-state index contributed by atoms with van der Waals surface area (Å²) in [6, 6.07) is 42.7. The Hall–Kier alpha value is -1.78. The molecular formula is C25H26BrP2+. The van der Waals surface area contributed by atoms with Gasteiger partial charge in [0.15, 0.2) is 0 Å². The maximum absolute atomic E-state index is 3.17. The quantitative estimate of drug-likeness (QED) is 0.308. The van der Waals surface area contributed by atoms with E-state index >= 15 is 0 Å². The third kappa shape index (κ3) is 5.62. The zero-order valence-corrected chi connectivity index (χ0v) is 19.7. The van der Waals surface area contributed by atoms with Crippen LogP contribution in [0.2, 0.25) is 0 Å². The monoisotopic (exact) mass is 467 g/mol. The molecule has 3 heteroatoms. The molecule has 0 aliphatic heterocycles. The van der Waals surface area contributed by atoms with Gasteiger partial charge in [0.2, 0.25) is 0 Å². The number of halogens is 1. The molecule has 1 atom stereocenters. The average Bonchev–Trinajstić information content (AvgIpc) is 2.76. The van der Waals surface area contributed by atoms with Gasteiger partial charge >= 0.3 is 0 Å². The smallest absolute Gasteiger partial charge is 0.114 e. The van der Waals surface area contributed by atoms with Gasteiger partial charge in [-0.25, -0.2) is 0 Å². The van der Waals surface area contributed by atoms with E-state index in [1.54, 1.807) is 0 Å². The van der Waals surface area contributed by atoms with Crippen LogP contribution in [0.25, 0.3) is 0 Å². The van der Waals surface area contributed by atoms with Gasteiger partial charge in [0.25, 0.3) is 0 Å². The molecule has 0 bridgehead atoms. The van der Waals surface area contributed by atoms with E-state index < -0.39 is 6.95 Å². The summed E-state index contributed by atoms with van der Waals surface area (Å²) in [6.07, 6.45) is 0. The molecule has 0 fully saturated rings. The van der Waals surface area contributed by atoms with Crippen LogP contribution in [-0.4, -0.2) is 0 Å². The highest BCUT2D eigenvalue weighted by Crippen LogP contribution is 2.62. The Morgan fingerprint density at radius 3 is 0.929 bits per heavy atom. The second-order valence-electron chi connectivity index (χ2n) is 6.38. The molecule has 0 N–H and O–H groups in total. The van der Waals surface area contributed by atoms with Gasteiger partial charge in [-0.3, -0.25) is 0 Å². The van der Waals surface area contributed by atoms with E-state index in [1.807, 2.05) is 18.2 Å². The van der Waals surface area contributed by atoms with Crippen molar-refractivity contribution in [3.63, 3.8) is 0 Å². The van der Waals surface area contributed by atoms with Crippen molar-refractivity contribution in [2.45, 2.75) is 6.92 Å². The van der Waals surface area contributed by atoms with Gasteiger partial charge in [0.05, 0.1) is 0 Å². The normalized spacial score (nSPS) is 10.2. The minimum absolute atomic E-state index is 0. The Labute approximate surface area is 182 Å². The first-order valence-corrected chi connectivity index (χ1v) is 12.5. The lowest BCUT2D eigenvalue weighted by molar-refractivity contribution is 1.48. The maximum Gasteiger partial charge on any atom is 0.124 e. The van der Waals surface area contributed by atoms with Crippen LogP contribution in [0.15, 0.2) is 121 Å². The molecule has 0 spiro atoms. The lowest BCUT2D eigenvalue weighted by atomic mass is 10.2. The van der Waals surface area contributed by atoms with Gasteiger partial charge < -0.3 is 0 Å². The van der Waals surface area contributed by atoms with E-state index in [0.717, 1.165) is 0 Å².